The number of anilines is 1. The second-order valence-electron chi connectivity index (χ2n) is 8.55. The summed E-state index contributed by atoms with van der Waals surface area (Å²) in [5.41, 5.74) is 1.98. The third-order valence-corrected chi connectivity index (χ3v) is 7.46. The molecule has 0 spiro atoms. The lowest BCUT2D eigenvalue weighted by atomic mass is 10.1. The molecule has 0 radical (unpaired) electrons. The van der Waals surface area contributed by atoms with Crippen LogP contribution in [0.2, 0.25) is 0 Å². The van der Waals surface area contributed by atoms with Gasteiger partial charge in [0.25, 0.3) is 5.91 Å². The highest BCUT2D eigenvalue weighted by Gasteiger charge is 2.33. The van der Waals surface area contributed by atoms with Crippen LogP contribution in [0.5, 0.6) is 0 Å². The largest absolute Gasteiger partial charge is 0.353 e. The maximum atomic E-state index is 12.9. The average molecular weight is 423 g/mol. The first-order valence-corrected chi connectivity index (χ1v) is 11.7. The van der Waals surface area contributed by atoms with Crippen LogP contribution in [-0.2, 0) is 6.42 Å². The number of nitrogens with zero attached hydrogens (tertiary/aromatic N) is 6. The van der Waals surface area contributed by atoms with Crippen LogP contribution in [0.3, 0.4) is 0 Å². The number of rotatable bonds is 5. The predicted molar refractivity (Wildman–Crippen MR) is 118 cm³/mol. The number of hydrogen-bond acceptors (Lipinski definition) is 6. The van der Waals surface area contributed by atoms with E-state index in [1.807, 2.05) is 4.90 Å². The quantitative estimate of drug-likeness (QED) is 0.633. The predicted octanol–water partition coefficient (Wildman–Crippen LogP) is 2.65. The molecule has 8 heteroatoms. The van der Waals surface area contributed by atoms with Gasteiger partial charge in [-0.15, -0.1) is 0 Å². The van der Waals surface area contributed by atoms with Crippen molar-refractivity contribution in [3.05, 3.63) is 41.7 Å². The van der Waals surface area contributed by atoms with Gasteiger partial charge >= 0.3 is 0 Å². The monoisotopic (exact) mass is 422 g/mol. The normalized spacial score (nSPS) is 20.2. The Balaban J connectivity index is 1.05. The maximum Gasteiger partial charge on any atom is 0.257 e. The Labute approximate surface area is 180 Å². The fourth-order valence-corrected chi connectivity index (χ4v) is 5.52. The maximum absolute atomic E-state index is 12.9. The number of fused-ring (bicyclic) bond motifs is 2. The number of carbonyl (C=O) groups is 1. The molecule has 7 nitrogen and oxygen atoms in total. The molecule has 2 fully saturated rings. The van der Waals surface area contributed by atoms with Crippen LogP contribution in [-0.4, -0.2) is 75.7 Å². The minimum absolute atomic E-state index is 0.163. The van der Waals surface area contributed by atoms with Gasteiger partial charge in [0, 0.05) is 57.6 Å². The Morgan fingerprint density at radius 1 is 1.03 bits per heavy atom. The molecule has 1 saturated heterocycles. The smallest absolute Gasteiger partial charge is 0.257 e. The van der Waals surface area contributed by atoms with Crippen molar-refractivity contribution >= 4 is 33.3 Å². The summed E-state index contributed by atoms with van der Waals surface area (Å²) in [5, 5.41) is 5.76. The van der Waals surface area contributed by atoms with Gasteiger partial charge in [-0.25, -0.2) is 0 Å². The molecule has 30 heavy (non-hydrogen) atoms. The summed E-state index contributed by atoms with van der Waals surface area (Å²) < 4.78 is 8.06. The van der Waals surface area contributed by atoms with Crippen molar-refractivity contribution in [2.45, 2.75) is 25.3 Å². The number of aromatic nitrogens is 3. The fourth-order valence-electron chi connectivity index (χ4n) is 4.72. The minimum Gasteiger partial charge on any atom is -0.353 e. The average Bonchev–Trinajstić information content (AvgIpc) is 3.38. The van der Waals surface area contributed by atoms with E-state index < -0.39 is 0 Å². The number of carbonyl (C=O) groups excluding carboxylic acids is 1. The van der Waals surface area contributed by atoms with Crippen LogP contribution in [0.1, 0.15) is 34.9 Å². The van der Waals surface area contributed by atoms with E-state index in [0.29, 0.717) is 6.04 Å². The third-order valence-electron chi connectivity index (χ3n) is 6.64. The van der Waals surface area contributed by atoms with E-state index in [9.17, 15) is 4.79 Å². The van der Waals surface area contributed by atoms with Gasteiger partial charge in [0.15, 0.2) is 0 Å². The summed E-state index contributed by atoms with van der Waals surface area (Å²) in [6.45, 7) is 6.54. The van der Waals surface area contributed by atoms with Crippen LogP contribution in [0.4, 0.5) is 5.82 Å². The van der Waals surface area contributed by atoms with Gasteiger partial charge in [-0.2, -0.15) is 9.47 Å². The van der Waals surface area contributed by atoms with E-state index in [0.717, 1.165) is 69.3 Å². The Kier molecular flexibility index (Phi) is 4.49. The van der Waals surface area contributed by atoms with Crippen LogP contribution in [0.15, 0.2) is 30.5 Å². The van der Waals surface area contributed by atoms with Gasteiger partial charge in [0.1, 0.15) is 5.82 Å². The molecule has 4 heterocycles. The van der Waals surface area contributed by atoms with E-state index in [-0.39, 0.29) is 5.91 Å². The summed E-state index contributed by atoms with van der Waals surface area (Å²) in [7, 11) is 0. The van der Waals surface area contributed by atoms with Gasteiger partial charge < -0.3 is 9.80 Å². The highest BCUT2D eigenvalue weighted by atomic mass is 32.1. The molecule has 6 rings (SSSR count). The van der Waals surface area contributed by atoms with Crippen molar-refractivity contribution in [1.29, 1.82) is 0 Å². The standard InChI is InChI=1S/C22H26N6OS/c29-22-18-15-23-28(16-5-6-16)19(18)7-8-27(22)14-11-25-9-12-26(13-10-25)21-17-3-1-2-4-20(17)30-24-21/h1-4,15-16H,5-14H2. The Bertz CT molecular complexity index is 1080. The first-order chi connectivity index (χ1) is 14.8. The zero-order chi connectivity index (χ0) is 20.1. The zero-order valence-corrected chi connectivity index (χ0v) is 17.9. The number of amides is 1. The van der Waals surface area contributed by atoms with E-state index in [2.05, 4.69) is 43.8 Å². The molecule has 1 aliphatic carbocycles. The fraction of sp³-hybridized carbons (Fsp3) is 0.500. The Morgan fingerprint density at radius 2 is 1.87 bits per heavy atom. The molecule has 1 aromatic carbocycles. The third kappa shape index (κ3) is 3.18. The van der Waals surface area contributed by atoms with Crippen LogP contribution in [0, 0.1) is 0 Å². The van der Waals surface area contributed by atoms with Gasteiger partial charge in [-0.05, 0) is 36.5 Å². The van der Waals surface area contributed by atoms with E-state index >= 15 is 0 Å². The topological polar surface area (TPSA) is 57.5 Å². The molecule has 2 aromatic heterocycles. The Hall–Kier alpha value is -2.45. The van der Waals surface area contributed by atoms with Crippen molar-refractivity contribution in [2.75, 3.05) is 50.7 Å². The lowest BCUT2D eigenvalue weighted by molar-refractivity contribution is 0.0715. The SMILES string of the molecule is O=C1c2cnn(C3CC3)c2CCN1CCN1CCN(c2nsc3ccccc23)CC1. The molecule has 2 aliphatic heterocycles. The first-order valence-electron chi connectivity index (χ1n) is 11.0. The summed E-state index contributed by atoms with van der Waals surface area (Å²) in [6, 6.07) is 9.01. The molecule has 156 valence electrons. The van der Waals surface area contributed by atoms with Gasteiger partial charge in [-0.1, -0.05) is 12.1 Å². The zero-order valence-electron chi connectivity index (χ0n) is 17.0. The van der Waals surface area contributed by atoms with Gasteiger partial charge in [-0.3, -0.25) is 14.4 Å². The highest BCUT2D eigenvalue weighted by Crippen LogP contribution is 2.37. The molecular formula is C22H26N6OS. The summed E-state index contributed by atoms with van der Waals surface area (Å²) in [4.78, 5) is 19.8. The van der Waals surface area contributed by atoms with Crippen LogP contribution >= 0.6 is 11.5 Å². The van der Waals surface area contributed by atoms with Gasteiger partial charge in [0.2, 0.25) is 0 Å². The molecule has 0 bridgehead atoms. The van der Waals surface area contributed by atoms with Crippen molar-refractivity contribution in [2.24, 2.45) is 0 Å². The molecule has 1 amide bonds. The Morgan fingerprint density at radius 3 is 2.70 bits per heavy atom. The number of piperazine rings is 1. The van der Waals surface area contributed by atoms with Crippen LogP contribution < -0.4 is 4.90 Å². The molecular weight excluding hydrogens is 396 g/mol. The van der Waals surface area contributed by atoms with Crippen molar-refractivity contribution in [3.8, 4) is 0 Å². The molecule has 3 aliphatic rings. The second-order valence-corrected chi connectivity index (χ2v) is 9.36. The summed E-state index contributed by atoms with van der Waals surface area (Å²) in [5.74, 6) is 1.29. The summed E-state index contributed by atoms with van der Waals surface area (Å²) >= 11 is 1.58. The number of benzene rings is 1. The van der Waals surface area contributed by atoms with Gasteiger partial charge in [0.05, 0.1) is 28.2 Å². The first kappa shape index (κ1) is 18.3. The van der Waals surface area contributed by atoms with Crippen molar-refractivity contribution in [3.63, 3.8) is 0 Å². The van der Waals surface area contributed by atoms with Crippen molar-refractivity contribution in [1.82, 2.24) is 24.0 Å². The van der Waals surface area contributed by atoms with Crippen molar-refractivity contribution < 1.29 is 4.79 Å². The van der Waals surface area contributed by atoms with E-state index in [1.54, 1.807) is 17.7 Å². The lowest BCUT2D eigenvalue weighted by Gasteiger charge is -2.36. The minimum atomic E-state index is 0.163. The molecule has 0 N–H and O–H groups in total. The summed E-state index contributed by atoms with van der Waals surface area (Å²) in [6.07, 6.45) is 5.13. The molecule has 1 saturated carbocycles. The highest BCUT2D eigenvalue weighted by molar-refractivity contribution is 7.13. The van der Waals surface area contributed by atoms with E-state index in [4.69, 9.17) is 4.37 Å². The molecule has 0 atom stereocenters. The number of hydrogen-bond donors (Lipinski definition) is 0. The lowest BCUT2D eigenvalue weighted by Crippen LogP contribution is -2.50. The second kappa shape index (κ2) is 7.35. The molecule has 3 aromatic rings. The van der Waals surface area contributed by atoms with Crippen LogP contribution in [0.25, 0.3) is 10.1 Å². The van der Waals surface area contributed by atoms with E-state index in [1.165, 1.54) is 22.9 Å². The molecule has 0 unspecified atom stereocenters.